The van der Waals surface area contributed by atoms with Crippen molar-refractivity contribution in [1.82, 2.24) is 5.32 Å². The molecule has 1 heterocycles. The van der Waals surface area contributed by atoms with Gasteiger partial charge in [-0.25, -0.2) is 4.39 Å². The summed E-state index contributed by atoms with van der Waals surface area (Å²) in [5.41, 5.74) is 2.33. The van der Waals surface area contributed by atoms with Crippen LogP contribution in [0.5, 0.6) is 0 Å². The van der Waals surface area contributed by atoms with Crippen molar-refractivity contribution >= 4 is 0 Å². The highest BCUT2D eigenvalue weighted by molar-refractivity contribution is 5.30. The van der Waals surface area contributed by atoms with Gasteiger partial charge in [0.05, 0.1) is 0 Å². The summed E-state index contributed by atoms with van der Waals surface area (Å²) in [5.74, 6) is 0.532. The first-order valence-corrected chi connectivity index (χ1v) is 5.71. The van der Waals surface area contributed by atoms with Gasteiger partial charge in [0.1, 0.15) is 5.82 Å². The van der Waals surface area contributed by atoms with Crippen LogP contribution in [0, 0.1) is 18.7 Å². The maximum absolute atomic E-state index is 13.2. The Bertz CT molecular complexity index is 348. The maximum Gasteiger partial charge on any atom is 0.123 e. The molecule has 2 atom stereocenters. The molecule has 15 heavy (non-hydrogen) atoms. The van der Waals surface area contributed by atoms with E-state index in [0.717, 1.165) is 18.5 Å². The van der Waals surface area contributed by atoms with E-state index in [1.807, 2.05) is 6.07 Å². The van der Waals surface area contributed by atoms with Crippen LogP contribution in [-0.4, -0.2) is 6.54 Å². The molecule has 0 spiro atoms. The SMILES string of the molecule is CCC1CCNC1c1cc(F)ccc1C. The van der Waals surface area contributed by atoms with E-state index in [9.17, 15) is 4.39 Å². The largest absolute Gasteiger partial charge is 0.310 e. The fourth-order valence-corrected chi connectivity index (χ4v) is 2.51. The van der Waals surface area contributed by atoms with Crippen molar-refractivity contribution in [3.8, 4) is 0 Å². The van der Waals surface area contributed by atoms with E-state index in [2.05, 4.69) is 19.2 Å². The van der Waals surface area contributed by atoms with Crippen molar-refractivity contribution in [3.63, 3.8) is 0 Å². The number of nitrogens with one attached hydrogen (secondary N) is 1. The third kappa shape index (κ3) is 2.05. The predicted molar refractivity (Wildman–Crippen MR) is 60.3 cm³/mol. The van der Waals surface area contributed by atoms with Gasteiger partial charge >= 0.3 is 0 Å². The van der Waals surface area contributed by atoms with Crippen molar-refractivity contribution in [2.75, 3.05) is 6.54 Å². The Morgan fingerprint density at radius 2 is 2.27 bits per heavy atom. The number of benzene rings is 1. The molecular weight excluding hydrogens is 189 g/mol. The van der Waals surface area contributed by atoms with E-state index in [1.165, 1.54) is 18.1 Å². The summed E-state index contributed by atoms with van der Waals surface area (Å²) in [7, 11) is 0. The molecule has 0 amide bonds. The standard InChI is InChI=1S/C13H18FN/c1-3-10-6-7-15-13(10)12-8-11(14)5-4-9(12)2/h4-5,8,10,13,15H,3,6-7H2,1-2H3. The average molecular weight is 207 g/mol. The second-order valence-corrected chi connectivity index (χ2v) is 4.39. The number of hydrogen-bond donors (Lipinski definition) is 1. The summed E-state index contributed by atoms with van der Waals surface area (Å²) >= 11 is 0. The van der Waals surface area contributed by atoms with Crippen molar-refractivity contribution in [3.05, 3.63) is 35.1 Å². The van der Waals surface area contributed by atoms with Crippen LogP contribution in [0.4, 0.5) is 4.39 Å². The first-order valence-electron chi connectivity index (χ1n) is 5.71. The van der Waals surface area contributed by atoms with E-state index in [4.69, 9.17) is 0 Å². The molecule has 1 aliphatic heterocycles. The van der Waals surface area contributed by atoms with Crippen molar-refractivity contribution in [1.29, 1.82) is 0 Å². The van der Waals surface area contributed by atoms with Crippen molar-refractivity contribution in [2.24, 2.45) is 5.92 Å². The minimum Gasteiger partial charge on any atom is -0.310 e. The molecule has 0 aromatic heterocycles. The molecule has 1 aromatic rings. The molecule has 1 nitrogen and oxygen atoms in total. The molecule has 2 unspecified atom stereocenters. The molecule has 1 fully saturated rings. The van der Waals surface area contributed by atoms with Gasteiger partial charge in [-0.05, 0) is 49.1 Å². The van der Waals surface area contributed by atoms with Gasteiger partial charge in [-0.15, -0.1) is 0 Å². The zero-order chi connectivity index (χ0) is 10.8. The molecular formula is C13H18FN. The van der Waals surface area contributed by atoms with Gasteiger partial charge in [0.25, 0.3) is 0 Å². The summed E-state index contributed by atoms with van der Waals surface area (Å²) in [6, 6.07) is 5.44. The molecule has 2 heteroatoms. The van der Waals surface area contributed by atoms with Crippen LogP contribution in [0.25, 0.3) is 0 Å². The lowest BCUT2D eigenvalue weighted by Crippen LogP contribution is -2.18. The van der Waals surface area contributed by atoms with Gasteiger partial charge < -0.3 is 5.32 Å². The summed E-state index contributed by atoms with van der Waals surface area (Å²) < 4.78 is 13.2. The molecule has 1 aromatic carbocycles. The number of halogens is 1. The minimum atomic E-state index is -0.126. The maximum atomic E-state index is 13.2. The fourth-order valence-electron chi connectivity index (χ4n) is 2.51. The molecule has 1 saturated heterocycles. The number of rotatable bonds is 2. The Morgan fingerprint density at radius 1 is 1.47 bits per heavy atom. The monoisotopic (exact) mass is 207 g/mol. The Kier molecular flexibility index (Phi) is 3.06. The Hall–Kier alpha value is -0.890. The molecule has 0 bridgehead atoms. The van der Waals surface area contributed by atoms with Crippen LogP contribution >= 0.6 is 0 Å². The van der Waals surface area contributed by atoms with Crippen LogP contribution < -0.4 is 5.32 Å². The quantitative estimate of drug-likeness (QED) is 0.785. The Morgan fingerprint density at radius 3 is 3.00 bits per heavy atom. The van der Waals surface area contributed by atoms with Crippen LogP contribution in [0.15, 0.2) is 18.2 Å². The van der Waals surface area contributed by atoms with E-state index in [0.29, 0.717) is 12.0 Å². The van der Waals surface area contributed by atoms with E-state index < -0.39 is 0 Å². The van der Waals surface area contributed by atoms with Gasteiger partial charge in [-0.3, -0.25) is 0 Å². The summed E-state index contributed by atoms with van der Waals surface area (Å²) in [6.07, 6.45) is 2.37. The molecule has 0 radical (unpaired) electrons. The molecule has 2 rings (SSSR count). The summed E-state index contributed by atoms with van der Waals surface area (Å²) in [5, 5.41) is 3.48. The first-order chi connectivity index (χ1) is 7.22. The molecule has 0 saturated carbocycles. The lowest BCUT2D eigenvalue weighted by atomic mass is 9.90. The predicted octanol–water partition coefficient (Wildman–Crippen LogP) is 3.19. The average Bonchev–Trinajstić information content (AvgIpc) is 2.69. The third-order valence-corrected chi connectivity index (χ3v) is 3.45. The van der Waals surface area contributed by atoms with Gasteiger partial charge in [-0.1, -0.05) is 19.4 Å². The summed E-state index contributed by atoms with van der Waals surface area (Å²) in [4.78, 5) is 0. The molecule has 1 N–H and O–H groups in total. The van der Waals surface area contributed by atoms with Gasteiger partial charge in [0.2, 0.25) is 0 Å². The molecule has 1 aliphatic rings. The topological polar surface area (TPSA) is 12.0 Å². The van der Waals surface area contributed by atoms with E-state index in [-0.39, 0.29) is 5.82 Å². The van der Waals surface area contributed by atoms with Gasteiger partial charge in [0.15, 0.2) is 0 Å². The third-order valence-electron chi connectivity index (χ3n) is 3.45. The Balaban J connectivity index is 2.31. The van der Waals surface area contributed by atoms with E-state index in [1.54, 1.807) is 6.07 Å². The fraction of sp³-hybridized carbons (Fsp3) is 0.538. The number of hydrogen-bond acceptors (Lipinski definition) is 1. The first kappa shape index (κ1) is 10.6. The minimum absolute atomic E-state index is 0.126. The highest BCUT2D eigenvalue weighted by atomic mass is 19.1. The zero-order valence-corrected chi connectivity index (χ0v) is 9.39. The van der Waals surface area contributed by atoms with E-state index >= 15 is 0 Å². The molecule has 0 aliphatic carbocycles. The van der Waals surface area contributed by atoms with Gasteiger partial charge in [-0.2, -0.15) is 0 Å². The second kappa shape index (κ2) is 4.31. The number of aryl methyl sites for hydroxylation is 1. The van der Waals surface area contributed by atoms with Gasteiger partial charge in [0, 0.05) is 6.04 Å². The Labute approximate surface area is 90.7 Å². The normalized spacial score (nSPS) is 25.8. The van der Waals surface area contributed by atoms with Crippen LogP contribution in [0.1, 0.15) is 36.9 Å². The smallest absolute Gasteiger partial charge is 0.123 e. The second-order valence-electron chi connectivity index (χ2n) is 4.39. The zero-order valence-electron chi connectivity index (χ0n) is 9.39. The lowest BCUT2D eigenvalue weighted by molar-refractivity contribution is 0.446. The molecule has 82 valence electrons. The highest BCUT2D eigenvalue weighted by Gasteiger charge is 2.27. The van der Waals surface area contributed by atoms with Crippen LogP contribution in [0.3, 0.4) is 0 Å². The van der Waals surface area contributed by atoms with Crippen molar-refractivity contribution < 1.29 is 4.39 Å². The highest BCUT2D eigenvalue weighted by Crippen LogP contribution is 2.33. The van der Waals surface area contributed by atoms with Crippen LogP contribution in [0.2, 0.25) is 0 Å². The lowest BCUT2D eigenvalue weighted by Gasteiger charge is -2.20. The van der Waals surface area contributed by atoms with Crippen LogP contribution in [-0.2, 0) is 0 Å². The van der Waals surface area contributed by atoms with Crippen molar-refractivity contribution in [2.45, 2.75) is 32.7 Å². The summed E-state index contributed by atoms with van der Waals surface area (Å²) in [6.45, 7) is 5.32.